The van der Waals surface area contributed by atoms with Crippen molar-refractivity contribution in [3.05, 3.63) is 34.9 Å². The zero-order valence-corrected chi connectivity index (χ0v) is 11.6. The fraction of sp³-hybridized carbons (Fsp3) is 0.429. The number of sulfone groups is 1. The molecule has 1 N–H and O–H groups in total. The van der Waals surface area contributed by atoms with Crippen LogP contribution in [-0.2, 0) is 9.84 Å². The van der Waals surface area contributed by atoms with Gasteiger partial charge in [0.2, 0.25) is 9.84 Å². The number of benzene rings is 1. The van der Waals surface area contributed by atoms with E-state index in [0.29, 0.717) is 9.92 Å². The number of rotatable bonds is 1. The standard InChI is InChI=1S/C14H18N2O2S/c17-19(18)13-6-2-1-5-12(13)11-14(19)16-9-4-3-7-15-8-10-16/h1-2,5-6,11,15H,3-4,7-10H2. The van der Waals surface area contributed by atoms with Gasteiger partial charge in [0, 0.05) is 19.6 Å². The molecule has 1 aromatic carbocycles. The minimum atomic E-state index is -3.31. The molecule has 0 radical (unpaired) electrons. The van der Waals surface area contributed by atoms with E-state index >= 15 is 0 Å². The van der Waals surface area contributed by atoms with Crippen LogP contribution in [0.4, 0.5) is 0 Å². The van der Waals surface area contributed by atoms with Gasteiger partial charge in [-0.25, -0.2) is 8.42 Å². The maximum Gasteiger partial charge on any atom is 0.222 e. The van der Waals surface area contributed by atoms with Gasteiger partial charge in [-0.1, -0.05) is 18.2 Å². The quantitative estimate of drug-likeness (QED) is 0.845. The van der Waals surface area contributed by atoms with E-state index in [-0.39, 0.29) is 0 Å². The van der Waals surface area contributed by atoms with Gasteiger partial charge in [-0.3, -0.25) is 0 Å². The van der Waals surface area contributed by atoms with Gasteiger partial charge in [-0.05, 0) is 37.1 Å². The molecule has 102 valence electrons. The molecule has 0 bridgehead atoms. The molecule has 2 aliphatic rings. The van der Waals surface area contributed by atoms with E-state index in [0.717, 1.165) is 44.6 Å². The molecule has 0 aromatic heterocycles. The second kappa shape index (κ2) is 4.98. The third kappa shape index (κ3) is 2.28. The summed E-state index contributed by atoms with van der Waals surface area (Å²) in [6.45, 7) is 3.43. The minimum absolute atomic E-state index is 0.444. The molecule has 2 aliphatic heterocycles. The molecular weight excluding hydrogens is 260 g/mol. The molecule has 2 heterocycles. The Morgan fingerprint density at radius 2 is 1.89 bits per heavy atom. The Balaban J connectivity index is 1.94. The van der Waals surface area contributed by atoms with E-state index in [4.69, 9.17) is 0 Å². The lowest BCUT2D eigenvalue weighted by molar-refractivity contribution is 0.330. The lowest BCUT2D eigenvalue weighted by Crippen LogP contribution is -2.36. The second-order valence-electron chi connectivity index (χ2n) is 4.97. The molecule has 0 aliphatic carbocycles. The molecule has 19 heavy (non-hydrogen) atoms. The summed E-state index contributed by atoms with van der Waals surface area (Å²) in [6.07, 6.45) is 3.93. The van der Waals surface area contributed by atoms with Crippen LogP contribution in [0.3, 0.4) is 0 Å². The lowest BCUT2D eigenvalue weighted by Gasteiger charge is -2.27. The summed E-state index contributed by atoms with van der Waals surface area (Å²) in [4.78, 5) is 2.45. The first-order valence-electron chi connectivity index (χ1n) is 6.71. The third-order valence-electron chi connectivity index (χ3n) is 3.66. The molecule has 0 spiro atoms. The van der Waals surface area contributed by atoms with Crippen molar-refractivity contribution in [3.8, 4) is 0 Å². The Kier molecular flexibility index (Phi) is 3.33. The van der Waals surface area contributed by atoms with Crippen LogP contribution < -0.4 is 5.32 Å². The Morgan fingerprint density at radius 1 is 1.05 bits per heavy atom. The number of nitrogens with one attached hydrogen (secondary N) is 1. The van der Waals surface area contributed by atoms with E-state index in [2.05, 4.69) is 5.32 Å². The molecule has 1 fully saturated rings. The first kappa shape index (κ1) is 12.7. The molecule has 5 heteroatoms. The summed E-state index contributed by atoms with van der Waals surface area (Å²) in [6, 6.07) is 7.21. The predicted molar refractivity (Wildman–Crippen MR) is 75.3 cm³/mol. The van der Waals surface area contributed by atoms with E-state index in [1.165, 1.54) is 0 Å². The van der Waals surface area contributed by atoms with Crippen LogP contribution in [-0.4, -0.2) is 39.5 Å². The smallest absolute Gasteiger partial charge is 0.222 e. The summed E-state index contributed by atoms with van der Waals surface area (Å²) < 4.78 is 25.1. The largest absolute Gasteiger partial charge is 0.361 e. The van der Waals surface area contributed by atoms with Gasteiger partial charge >= 0.3 is 0 Å². The van der Waals surface area contributed by atoms with E-state index < -0.39 is 9.84 Å². The van der Waals surface area contributed by atoms with Crippen LogP contribution in [0, 0.1) is 0 Å². The minimum Gasteiger partial charge on any atom is -0.361 e. The number of fused-ring (bicyclic) bond motifs is 1. The van der Waals surface area contributed by atoms with E-state index in [9.17, 15) is 8.42 Å². The topological polar surface area (TPSA) is 49.4 Å². The molecule has 4 nitrogen and oxygen atoms in total. The summed E-state index contributed by atoms with van der Waals surface area (Å²) in [7, 11) is -3.31. The van der Waals surface area contributed by atoms with Crippen LogP contribution in [0.5, 0.6) is 0 Å². The van der Waals surface area contributed by atoms with Gasteiger partial charge in [-0.15, -0.1) is 0 Å². The molecular formula is C14H18N2O2S. The first-order valence-corrected chi connectivity index (χ1v) is 8.19. The SMILES string of the molecule is O=S1(=O)C(N2CCCCNCC2)=Cc2ccccc21. The maximum absolute atomic E-state index is 12.6. The molecule has 0 atom stereocenters. The van der Waals surface area contributed by atoms with Crippen molar-refractivity contribution in [2.24, 2.45) is 0 Å². The van der Waals surface area contributed by atoms with Gasteiger partial charge in [0.15, 0.2) is 0 Å². The summed E-state index contributed by atoms with van der Waals surface area (Å²) in [5, 5.41) is 3.80. The highest BCUT2D eigenvalue weighted by Crippen LogP contribution is 2.34. The average molecular weight is 278 g/mol. The Labute approximate surface area is 114 Å². The highest BCUT2D eigenvalue weighted by atomic mass is 32.2. The van der Waals surface area contributed by atoms with Crippen LogP contribution in [0.15, 0.2) is 34.2 Å². The maximum atomic E-state index is 12.6. The highest BCUT2D eigenvalue weighted by Gasteiger charge is 2.32. The van der Waals surface area contributed by atoms with Crippen LogP contribution in [0.25, 0.3) is 6.08 Å². The van der Waals surface area contributed by atoms with Gasteiger partial charge in [0.05, 0.1) is 4.90 Å². The summed E-state index contributed by atoms with van der Waals surface area (Å²) in [5.41, 5.74) is 0.813. The van der Waals surface area contributed by atoms with Crippen molar-refractivity contribution in [3.63, 3.8) is 0 Å². The van der Waals surface area contributed by atoms with Crippen molar-refractivity contribution in [2.45, 2.75) is 17.7 Å². The Hall–Kier alpha value is -1.33. The Morgan fingerprint density at radius 3 is 2.74 bits per heavy atom. The summed E-state index contributed by atoms with van der Waals surface area (Å²) >= 11 is 0. The van der Waals surface area contributed by atoms with Crippen molar-refractivity contribution in [1.82, 2.24) is 10.2 Å². The number of hydrogen-bond donors (Lipinski definition) is 1. The fourth-order valence-electron chi connectivity index (χ4n) is 2.65. The predicted octanol–water partition coefficient (Wildman–Crippen LogP) is 1.46. The first-order chi connectivity index (χ1) is 9.19. The Bertz CT molecular complexity index is 600. The number of hydrogen-bond acceptors (Lipinski definition) is 4. The van der Waals surface area contributed by atoms with Crippen molar-refractivity contribution < 1.29 is 8.42 Å². The van der Waals surface area contributed by atoms with Crippen LogP contribution >= 0.6 is 0 Å². The van der Waals surface area contributed by atoms with Crippen molar-refractivity contribution in [1.29, 1.82) is 0 Å². The molecule has 0 amide bonds. The lowest BCUT2D eigenvalue weighted by atomic mass is 10.2. The molecule has 3 rings (SSSR count). The molecule has 1 aromatic rings. The van der Waals surface area contributed by atoms with Gasteiger partial charge in [-0.2, -0.15) is 0 Å². The monoisotopic (exact) mass is 278 g/mol. The molecule has 1 saturated heterocycles. The van der Waals surface area contributed by atoms with Crippen molar-refractivity contribution in [2.75, 3.05) is 26.2 Å². The fourth-order valence-corrected chi connectivity index (χ4v) is 4.38. The average Bonchev–Trinajstić information content (AvgIpc) is 2.62. The second-order valence-corrected chi connectivity index (χ2v) is 6.83. The van der Waals surface area contributed by atoms with Gasteiger partial charge in [0.25, 0.3) is 0 Å². The summed E-state index contributed by atoms with van der Waals surface area (Å²) in [5.74, 6) is 0. The normalized spacial score (nSPS) is 22.3. The molecule has 0 saturated carbocycles. The van der Waals surface area contributed by atoms with E-state index in [1.807, 2.05) is 23.1 Å². The van der Waals surface area contributed by atoms with Crippen LogP contribution in [0.2, 0.25) is 0 Å². The van der Waals surface area contributed by atoms with Gasteiger partial charge in [0.1, 0.15) is 5.03 Å². The molecule has 0 unspecified atom stereocenters. The third-order valence-corrected chi connectivity index (χ3v) is 5.54. The zero-order valence-electron chi connectivity index (χ0n) is 10.8. The van der Waals surface area contributed by atoms with Crippen LogP contribution in [0.1, 0.15) is 18.4 Å². The van der Waals surface area contributed by atoms with Gasteiger partial charge < -0.3 is 10.2 Å². The zero-order chi connectivity index (χ0) is 13.3. The van der Waals surface area contributed by atoms with E-state index in [1.54, 1.807) is 12.1 Å². The van der Waals surface area contributed by atoms with Crippen molar-refractivity contribution >= 4 is 15.9 Å². The number of nitrogens with zero attached hydrogens (tertiary/aromatic N) is 1. The highest BCUT2D eigenvalue weighted by molar-refractivity contribution is 7.95.